The molecule has 0 aliphatic heterocycles. The molecule has 0 aromatic heterocycles. The van der Waals surface area contributed by atoms with E-state index in [9.17, 15) is 4.79 Å². The van der Waals surface area contributed by atoms with Crippen LogP contribution in [0.25, 0.3) is 0 Å². The molecule has 0 heterocycles. The third-order valence-electron chi connectivity index (χ3n) is 2.97. The van der Waals surface area contributed by atoms with Gasteiger partial charge in [-0.25, -0.2) is 0 Å². The van der Waals surface area contributed by atoms with Crippen LogP contribution in [0, 0.1) is 0 Å². The molecule has 0 aromatic rings. The van der Waals surface area contributed by atoms with Crippen molar-refractivity contribution >= 4 is 5.78 Å². The van der Waals surface area contributed by atoms with Crippen LogP contribution in [0.3, 0.4) is 0 Å². The number of allylic oxidation sites excluding steroid dienone is 2. The number of hydrogen-bond donors (Lipinski definition) is 0. The molecule has 2 aliphatic carbocycles. The standard InChI is InChI=1S/C11H14O3/c1-13-11(14-2)7-8-5-3-4-6-9(8)10(11)12/h4,6H,3,5,7H2,1-2H3. The Hall–Kier alpha value is -0.930. The molecule has 0 fully saturated rings. The maximum absolute atomic E-state index is 12.0. The van der Waals surface area contributed by atoms with Crippen LogP contribution in [-0.2, 0) is 14.3 Å². The van der Waals surface area contributed by atoms with Gasteiger partial charge in [0.2, 0.25) is 11.6 Å². The van der Waals surface area contributed by atoms with Crippen LogP contribution in [0.15, 0.2) is 23.3 Å². The quantitative estimate of drug-likeness (QED) is 0.626. The second-order valence-electron chi connectivity index (χ2n) is 3.63. The van der Waals surface area contributed by atoms with Gasteiger partial charge in [-0.3, -0.25) is 4.79 Å². The lowest BCUT2D eigenvalue weighted by Gasteiger charge is -2.24. The van der Waals surface area contributed by atoms with Gasteiger partial charge >= 0.3 is 0 Å². The number of ketones is 1. The van der Waals surface area contributed by atoms with Crippen molar-refractivity contribution in [2.24, 2.45) is 0 Å². The lowest BCUT2D eigenvalue weighted by molar-refractivity contribution is -0.199. The molecule has 0 amide bonds. The van der Waals surface area contributed by atoms with Gasteiger partial charge in [0.05, 0.1) is 0 Å². The minimum absolute atomic E-state index is 0.0338. The first-order valence-electron chi connectivity index (χ1n) is 4.77. The molecule has 0 atom stereocenters. The first-order chi connectivity index (χ1) is 6.73. The van der Waals surface area contributed by atoms with Crippen LogP contribution < -0.4 is 0 Å². The Kier molecular flexibility index (Phi) is 2.29. The van der Waals surface area contributed by atoms with Gasteiger partial charge < -0.3 is 9.47 Å². The summed E-state index contributed by atoms with van der Waals surface area (Å²) in [5, 5.41) is 0. The maximum atomic E-state index is 12.0. The second kappa shape index (κ2) is 3.33. The topological polar surface area (TPSA) is 35.5 Å². The highest BCUT2D eigenvalue weighted by atomic mass is 16.7. The van der Waals surface area contributed by atoms with Crippen LogP contribution in [-0.4, -0.2) is 25.8 Å². The molecule has 0 spiro atoms. The van der Waals surface area contributed by atoms with E-state index in [-0.39, 0.29) is 5.78 Å². The predicted octanol–water partition coefficient (Wildman–Crippen LogP) is 1.59. The van der Waals surface area contributed by atoms with Crippen molar-refractivity contribution in [1.29, 1.82) is 0 Å². The summed E-state index contributed by atoms with van der Waals surface area (Å²) in [5.41, 5.74) is 1.96. The molecule has 2 rings (SSSR count). The van der Waals surface area contributed by atoms with Crippen molar-refractivity contribution in [2.75, 3.05) is 14.2 Å². The third kappa shape index (κ3) is 1.16. The van der Waals surface area contributed by atoms with E-state index in [4.69, 9.17) is 9.47 Å². The summed E-state index contributed by atoms with van der Waals surface area (Å²) in [5.74, 6) is -1.08. The Morgan fingerprint density at radius 2 is 2.07 bits per heavy atom. The lowest BCUT2D eigenvalue weighted by atomic mass is 10.0. The lowest BCUT2D eigenvalue weighted by Crippen LogP contribution is -2.39. The summed E-state index contributed by atoms with van der Waals surface area (Å²) >= 11 is 0. The van der Waals surface area contributed by atoms with Gasteiger partial charge in [0.1, 0.15) is 0 Å². The Morgan fingerprint density at radius 3 is 2.64 bits per heavy atom. The van der Waals surface area contributed by atoms with E-state index in [2.05, 4.69) is 0 Å². The fraction of sp³-hybridized carbons (Fsp3) is 0.545. The van der Waals surface area contributed by atoms with Crippen molar-refractivity contribution in [2.45, 2.75) is 25.0 Å². The molecule has 0 saturated carbocycles. The molecule has 2 aliphatic rings. The molecule has 0 bridgehead atoms. The normalized spacial score (nSPS) is 24.3. The fourth-order valence-electron chi connectivity index (χ4n) is 2.11. The highest BCUT2D eigenvalue weighted by molar-refractivity contribution is 6.06. The molecular formula is C11H14O3. The summed E-state index contributed by atoms with van der Waals surface area (Å²) in [6.07, 6.45) is 6.46. The first kappa shape index (κ1) is 9.62. The Morgan fingerprint density at radius 1 is 1.36 bits per heavy atom. The predicted molar refractivity (Wildman–Crippen MR) is 51.8 cm³/mol. The summed E-state index contributed by atoms with van der Waals surface area (Å²) in [4.78, 5) is 12.0. The SMILES string of the molecule is COC1(OC)CC2=C(C=CCC2)C1=O. The number of hydrogen-bond acceptors (Lipinski definition) is 3. The minimum Gasteiger partial charge on any atom is -0.346 e. The number of rotatable bonds is 2. The van der Waals surface area contributed by atoms with E-state index >= 15 is 0 Å². The molecular weight excluding hydrogens is 180 g/mol. The number of methoxy groups -OCH3 is 2. The zero-order chi connectivity index (χ0) is 10.2. The zero-order valence-corrected chi connectivity index (χ0v) is 8.50. The molecule has 76 valence electrons. The Balaban J connectivity index is 2.34. The average Bonchev–Trinajstić information content (AvgIpc) is 2.53. The molecule has 0 N–H and O–H groups in total. The third-order valence-corrected chi connectivity index (χ3v) is 2.97. The van der Waals surface area contributed by atoms with Crippen LogP contribution >= 0.6 is 0 Å². The van der Waals surface area contributed by atoms with Crippen molar-refractivity contribution < 1.29 is 14.3 Å². The van der Waals surface area contributed by atoms with E-state index < -0.39 is 5.79 Å². The summed E-state index contributed by atoms with van der Waals surface area (Å²) < 4.78 is 10.4. The first-order valence-corrected chi connectivity index (χ1v) is 4.77. The average molecular weight is 194 g/mol. The van der Waals surface area contributed by atoms with Gasteiger partial charge in [-0.1, -0.05) is 17.7 Å². The van der Waals surface area contributed by atoms with E-state index in [1.807, 2.05) is 12.2 Å². The van der Waals surface area contributed by atoms with E-state index in [0.29, 0.717) is 6.42 Å². The number of ether oxygens (including phenoxy) is 2. The van der Waals surface area contributed by atoms with Crippen molar-refractivity contribution in [3.05, 3.63) is 23.3 Å². The molecule has 0 unspecified atom stereocenters. The van der Waals surface area contributed by atoms with Crippen molar-refractivity contribution in [3.8, 4) is 0 Å². The maximum Gasteiger partial charge on any atom is 0.237 e. The molecule has 0 radical (unpaired) electrons. The molecule has 3 heteroatoms. The number of carbonyl (C=O) groups is 1. The van der Waals surface area contributed by atoms with Gasteiger partial charge in [-0.15, -0.1) is 0 Å². The summed E-state index contributed by atoms with van der Waals surface area (Å²) in [6.45, 7) is 0. The molecule has 0 saturated heterocycles. The summed E-state index contributed by atoms with van der Waals surface area (Å²) in [7, 11) is 3.03. The largest absolute Gasteiger partial charge is 0.346 e. The highest BCUT2D eigenvalue weighted by Gasteiger charge is 2.47. The fourth-order valence-corrected chi connectivity index (χ4v) is 2.11. The van der Waals surface area contributed by atoms with Crippen LogP contribution in [0.5, 0.6) is 0 Å². The smallest absolute Gasteiger partial charge is 0.237 e. The van der Waals surface area contributed by atoms with E-state index in [0.717, 1.165) is 18.4 Å². The van der Waals surface area contributed by atoms with E-state index in [1.54, 1.807) is 0 Å². The second-order valence-corrected chi connectivity index (χ2v) is 3.63. The minimum atomic E-state index is -1.04. The Bertz CT molecular complexity index is 321. The highest BCUT2D eigenvalue weighted by Crippen LogP contribution is 2.39. The molecule has 0 aromatic carbocycles. The van der Waals surface area contributed by atoms with Crippen molar-refractivity contribution in [1.82, 2.24) is 0 Å². The monoisotopic (exact) mass is 194 g/mol. The van der Waals surface area contributed by atoms with Crippen LogP contribution in [0.4, 0.5) is 0 Å². The van der Waals surface area contributed by atoms with Gasteiger partial charge in [0.25, 0.3) is 0 Å². The van der Waals surface area contributed by atoms with Crippen LogP contribution in [0.1, 0.15) is 19.3 Å². The van der Waals surface area contributed by atoms with Gasteiger partial charge in [-0.2, -0.15) is 0 Å². The van der Waals surface area contributed by atoms with Gasteiger partial charge in [0, 0.05) is 26.2 Å². The number of carbonyl (C=O) groups excluding carboxylic acids is 1. The zero-order valence-electron chi connectivity index (χ0n) is 8.50. The summed E-state index contributed by atoms with van der Waals surface area (Å²) in [6, 6.07) is 0. The molecule has 14 heavy (non-hydrogen) atoms. The van der Waals surface area contributed by atoms with Crippen molar-refractivity contribution in [3.63, 3.8) is 0 Å². The van der Waals surface area contributed by atoms with Gasteiger partial charge in [0.15, 0.2) is 0 Å². The number of Topliss-reactive ketones (excluding diaryl/α,β-unsaturated/α-hetero) is 1. The van der Waals surface area contributed by atoms with Gasteiger partial charge in [-0.05, 0) is 12.8 Å². The Labute approximate surface area is 83.4 Å². The van der Waals surface area contributed by atoms with Crippen LogP contribution in [0.2, 0.25) is 0 Å². The van der Waals surface area contributed by atoms with E-state index in [1.165, 1.54) is 19.8 Å². The molecule has 3 nitrogen and oxygen atoms in total.